The third-order valence-electron chi connectivity index (χ3n) is 1.53. The van der Waals surface area contributed by atoms with E-state index in [1.165, 1.54) is 0 Å². The minimum absolute atomic E-state index is 0.0773. The van der Waals surface area contributed by atoms with Crippen molar-refractivity contribution >= 4 is 11.7 Å². The molecule has 0 radical (unpaired) electrons. The first-order valence-electron chi connectivity index (χ1n) is 4.00. The topological polar surface area (TPSA) is 120 Å². The molecule has 0 bridgehead atoms. The second kappa shape index (κ2) is 4.25. The molecule has 0 atom stereocenters. The Bertz CT molecular complexity index is 432. The largest absolute Gasteiger partial charge is 0.492 e. The van der Waals surface area contributed by atoms with Crippen LogP contribution in [0, 0.1) is 0 Å². The van der Waals surface area contributed by atoms with Crippen molar-refractivity contribution in [1.82, 2.24) is 4.73 Å². The number of hydrogen-bond donors (Lipinski definition) is 2. The zero-order valence-corrected chi connectivity index (χ0v) is 7.78. The molecule has 0 aliphatic carbocycles. The SMILES string of the molecule is CCC(=O)On1c(O)cc(N=[N+]=[N-])c1O. The highest BCUT2D eigenvalue weighted by Gasteiger charge is 2.16. The molecule has 1 heterocycles. The molecular formula is C7H8N4O4. The lowest BCUT2D eigenvalue weighted by molar-refractivity contribution is -0.145. The van der Waals surface area contributed by atoms with Gasteiger partial charge in [0, 0.05) is 17.4 Å². The lowest BCUT2D eigenvalue weighted by Gasteiger charge is -2.04. The molecule has 2 N–H and O–H groups in total. The van der Waals surface area contributed by atoms with Crippen LogP contribution in [0.3, 0.4) is 0 Å². The maximum atomic E-state index is 10.9. The third-order valence-corrected chi connectivity index (χ3v) is 1.53. The highest BCUT2D eigenvalue weighted by Crippen LogP contribution is 2.33. The number of nitrogens with zero attached hydrogens (tertiary/aromatic N) is 4. The summed E-state index contributed by atoms with van der Waals surface area (Å²) in [7, 11) is 0. The minimum atomic E-state index is -0.649. The van der Waals surface area contributed by atoms with Crippen molar-refractivity contribution in [2.45, 2.75) is 13.3 Å². The number of carbonyl (C=O) groups excluding carboxylic acids is 1. The van der Waals surface area contributed by atoms with Gasteiger partial charge in [-0.15, -0.1) is 4.73 Å². The number of aromatic nitrogens is 1. The normalized spacial score (nSPS) is 9.40. The van der Waals surface area contributed by atoms with E-state index in [0.717, 1.165) is 6.07 Å². The van der Waals surface area contributed by atoms with E-state index in [2.05, 4.69) is 14.9 Å². The molecule has 0 saturated carbocycles. The summed E-state index contributed by atoms with van der Waals surface area (Å²) in [5, 5.41) is 21.7. The standard InChI is InChI=1S/C7H8N4O4/c1-2-6(13)15-11-5(12)3-4(7(11)14)9-10-8/h3,12,14H,2H2,1H3. The van der Waals surface area contributed by atoms with Crippen LogP contribution in [0.1, 0.15) is 13.3 Å². The van der Waals surface area contributed by atoms with Gasteiger partial charge in [0.1, 0.15) is 5.69 Å². The van der Waals surface area contributed by atoms with Gasteiger partial charge in [-0.05, 0) is 5.53 Å². The summed E-state index contributed by atoms with van der Waals surface area (Å²) < 4.78 is 0.482. The van der Waals surface area contributed by atoms with Crippen molar-refractivity contribution in [3.8, 4) is 11.8 Å². The molecule has 1 aromatic heterocycles. The summed E-state index contributed by atoms with van der Waals surface area (Å²) in [5.41, 5.74) is 7.90. The first kappa shape index (κ1) is 10.7. The summed E-state index contributed by atoms with van der Waals surface area (Å²) in [6.45, 7) is 1.55. The number of rotatable bonds is 3. The smallest absolute Gasteiger partial charge is 0.332 e. The van der Waals surface area contributed by atoms with Crippen LogP contribution < -0.4 is 4.84 Å². The molecule has 0 aliphatic heterocycles. The van der Waals surface area contributed by atoms with E-state index >= 15 is 0 Å². The Balaban J connectivity index is 3.07. The summed E-state index contributed by atoms with van der Waals surface area (Å²) in [6, 6.07) is 0.970. The molecule has 0 saturated heterocycles. The van der Waals surface area contributed by atoms with Gasteiger partial charge in [-0.3, -0.25) is 0 Å². The molecule has 1 aromatic rings. The van der Waals surface area contributed by atoms with Crippen molar-refractivity contribution in [3.05, 3.63) is 16.5 Å². The Morgan fingerprint density at radius 2 is 2.40 bits per heavy atom. The van der Waals surface area contributed by atoms with Gasteiger partial charge < -0.3 is 15.1 Å². The first-order chi connectivity index (χ1) is 7.10. The van der Waals surface area contributed by atoms with Gasteiger partial charge in [0.2, 0.25) is 11.8 Å². The average Bonchev–Trinajstić information content (AvgIpc) is 2.46. The van der Waals surface area contributed by atoms with Gasteiger partial charge >= 0.3 is 5.97 Å². The van der Waals surface area contributed by atoms with Crippen LogP contribution in [0.4, 0.5) is 5.69 Å². The molecule has 0 spiro atoms. The fourth-order valence-electron chi connectivity index (χ4n) is 0.836. The van der Waals surface area contributed by atoms with Crippen LogP contribution >= 0.6 is 0 Å². The quantitative estimate of drug-likeness (QED) is 0.444. The first-order valence-corrected chi connectivity index (χ1v) is 4.00. The summed E-state index contributed by atoms with van der Waals surface area (Å²) in [4.78, 5) is 17.9. The van der Waals surface area contributed by atoms with E-state index in [1.807, 2.05) is 0 Å². The molecule has 0 unspecified atom stereocenters. The third kappa shape index (κ3) is 2.12. The second-order valence-corrected chi connectivity index (χ2v) is 2.51. The molecule has 0 fully saturated rings. The predicted octanol–water partition coefficient (Wildman–Crippen LogP) is 1.21. The Hall–Kier alpha value is -2.34. The van der Waals surface area contributed by atoms with Crippen molar-refractivity contribution in [2.75, 3.05) is 0 Å². The van der Waals surface area contributed by atoms with Crippen LogP contribution in [-0.4, -0.2) is 20.9 Å². The van der Waals surface area contributed by atoms with Gasteiger partial charge in [0.15, 0.2) is 0 Å². The number of hydrogen-bond acceptors (Lipinski definition) is 5. The molecule has 8 heteroatoms. The van der Waals surface area contributed by atoms with Crippen molar-refractivity contribution < 1.29 is 19.8 Å². The van der Waals surface area contributed by atoms with Crippen LogP contribution in [-0.2, 0) is 4.79 Å². The molecule has 80 valence electrons. The Kier molecular flexibility index (Phi) is 3.04. The van der Waals surface area contributed by atoms with E-state index in [4.69, 9.17) is 5.53 Å². The van der Waals surface area contributed by atoms with E-state index in [9.17, 15) is 15.0 Å². The van der Waals surface area contributed by atoms with Crippen LogP contribution in [0.5, 0.6) is 11.8 Å². The lowest BCUT2D eigenvalue weighted by Crippen LogP contribution is -2.17. The van der Waals surface area contributed by atoms with Gasteiger partial charge in [-0.2, -0.15) is 0 Å². The molecule has 15 heavy (non-hydrogen) atoms. The van der Waals surface area contributed by atoms with Gasteiger partial charge in [0.05, 0.1) is 0 Å². The monoisotopic (exact) mass is 212 g/mol. The number of carbonyl (C=O) groups is 1. The van der Waals surface area contributed by atoms with Gasteiger partial charge in [0.25, 0.3) is 0 Å². The van der Waals surface area contributed by atoms with Crippen molar-refractivity contribution in [2.24, 2.45) is 5.11 Å². The van der Waals surface area contributed by atoms with Crippen molar-refractivity contribution in [3.63, 3.8) is 0 Å². The zero-order valence-electron chi connectivity index (χ0n) is 7.78. The molecule has 0 amide bonds. The number of azide groups is 1. The molecule has 1 rings (SSSR count). The average molecular weight is 212 g/mol. The van der Waals surface area contributed by atoms with Gasteiger partial charge in [-0.1, -0.05) is 12.0 Å². The maximum absolute atomic E-state index is 10.9. The minimum Gasteiger partial charge on any atom is -0.492 e. The maximum Gasteiger partial charge on any atom is 0.332 e. The molecule has 0 aliphatic rings. The fraction of sp³-hybridized carbons (Fsp3) is 0.286. The fourth-order valence-corrected chi connectivity index (χ4v) is 0.836. The van der Waals surface area contributed by atoms with Crippen LogP contribution in [0.2, 0.25) is 0 Å². The molecule has 8 nitrogen and oxygen atoms in total. The summed E-state index contributed by atoms with van der Waals surface area (Å²) in [5.74, 6) is -1.81. The lowest BCUT2D eigenvalue weighted by atomic mass is 10.5. The van der Waals surface area contributed by atoms with Crippen LogP contribution in [0.15, 0.2) is 11.2 Å². The Morgan fingerprint density at radius 1 is 1.73 bits per heavy atom. The van der Waals surface area contributed by atoms with E-state index < -0.39 is 17.7 Å². The molecule has 0 aromatic carbocycles. The number of aromatic hydroxyl groups is 2. The Labute approximate surface area is 83.9 Å². The zero-order chi connectivity index (χ0) is 11.4. The highest BCUT2D eigenvalue weighted by atomic mass is 16.7. The van der Waals surface area contributed by atoms with Crippen molar-refractivity contribution in [1.29, 1.82) is 0 Å². The summed E-state index contributed by atoms with van der Waals surface area (Å²) in [6.07, 6.45) is 0.0773. The summed E-state index contributed by atoms with van der Waals surface area (Å²) >= 11 is 0. The predicted molar refractivity (Wildman–Crippen MR) is 48.4 cm³/mol. The van der Waals surface area contributed by atoms with E-state index in [0.29, 0.717) is 4.73 Å². The second-order valence-electron chi connectivity index (χ2n) is 2.51. The van der Waals surface area contributed by atoms with Crippen LogP contribution in [0.25, 0.3) is 10.4 Å². The highest BCUT2D eigenvalue weighted by molar-refractivity contribution is 5.70. The van der Waals surface area contributed by atoms with Gasteiger partial charge in [-0.25, -0.2) is 4.79 Å². The molecular weight excluding hydrogens is 204 g/mol. The Morgan fingerprint density at radius 3 is 2.93 bits per heavy atom. The van der Waals surface area contributed by atoms with E-state index in [-0.39, 0.29) is 12.1 Å². The van der Waals surface area contributed by atoms with E-state index in [1.54, 1.807) is 6.92 Å².